The third-order valence-corrected chi connectivity index (χ3v) is 4.94. The molecule has 0 saturated carbocycles. The molecular formula is C14H11BrClIO2. The van der Waals surface area contributed by atoms with Gasteiger partial charge in [-0.3, -0.25) is 0 Å². The molecule has 0 aliphatic carbocycles. The lowest BCUT2D eigenvalue weighted by molar-refractivity contribution is 0.220. The maximum Gasteiger partial charge on any atom is 0.133 e. The maximum absolute atomic E-state index is 10.4. The van der Waals surface area contributed by atoms with Crippen molar-refractivity contribution < 1.29 is 9.84 Å². The van der Waals surface area contributed by atoms with Crippen LogP contribution in [0.2, 0.25) is 5.02 Å². The van der Waals surface area contributed by atoms with E-state index in [2.05, 4.69) is 38.5 Å². The van der Waals surface area contributed by atoms with Gasteiger partial charge in [-0.15, -0.1) is 0 Å². The molecule has 1 N–H and O–H groups in total. The van der Waals surface area contributed by atoms with Crippen molar-refractivity contribution in [3.8, 4) is 5.75 Å². The first-order valence-electron chi connectivity index (χ1n) is 5.49. The van der Waals surface area contributed by atoms with E-state index in [1.807, 2.05) is 30.3 Å². The standard InChI is InChI=1S/C14H11BrClIO2/c1-19-13-5-3-8(6-10(13)15)14(18)9-2-4-12(17)11(16)7-9/h2-7,14,18H,1H3. The van der Waals surface area contributed by atoms with Crippen molar-refractivity contribution in [2.24, 2.45) is 0 Å². The number of methoxy groups -OCH3 is 1. The number of hydrogen-bond donors (Lipinski definition) is 1. The molecule has 2 rings (SSSR count). The van der Waals surface area contributed by atoms with E-state index < -0.39 is 6.10 Å². The van der Waals surface area contributed by atoms with Crippen LogP contribution in [0.3, 0.4) is 0 Å². The molecule has 0 heterocycles. The summed E-state index contributed by atoms with van der Waals surface area (Å²) < 4.78 is 6.94. The highest BCUT2D eigenvalue weighted by Gasteiger charge is 2.13. The quantitative estimate of drug-likeness (QED) is 0.677. The van der Waals surface area contributed by atoms with Crippen molar-refractivity contribution in [2.75, 3.05) is 7.11 Å². The van der Waals surface area contributed by atoms with Gasteiger partial charge in [-0.1, -0.05) is 23.7 Å². The molecule has 0 radical (unpaired) electrons. The number of halogens is 3. The van der Waals surface area contributed by atoms with Crippen molar-refractivity contribution in [2.45, 2.75) is 6.10 Å². The van der Waals surface area contributed by atoms with Gasteiger partial charge in [0.15, 0.2) is 0 Å². The third-order valence-electron chi connectivity index (χ3n) is 2.75. The van der Waals surface area contributed by atoms with Crippen LogP contribution in [0.1, 0.15) is 17.2 Å². The average molecular weight is 454 g/mol. The van der Waals surface area contributed by atoms with Crippen molar-refractivity contribution in [1.82, 2.24) is 0 Å². The van der Waals surface area contributed by atoms with Gasteiger partial charge >= 0.3 is 0 Å². The lowest BCUT2D eigenvalue weighted by atomic mass is 10.0. The summed E-state index contributed by atoms with van der Waals surface area (Å²) in [5.41, 5.74) is 1.55. The number of benzene rings is 2. The molecule has 0 fully saturated rings. The van der Waals surface area contributed by atoms with Crippen LogP contribution in [0.15, 0.2) is 40.9 Å². The Labute approximate surface area is 139 Å². The normalized spacial score (nSPS) is 12.3. The molecule has 0 spiro atoms. The van der Waals surface area contributed by atoms with Crippen LogP contribution in [0, 0.1) is 3.57 Å². The Bertz CT molecular complexity index is 604. The zero-order valence-electron chi connectivity index (χ0n) is 10.0. The van der Waals surface area contributed by atoms with Crippen LogP contribution in [0.5, 0.6) is 5.75 Å². The van der Waals surface area contributed by atoms with Gasteiger partial charge in [0.1, 0.15) is 11.9 Å². The van der Waals surface area contributed by atoms with E-state index in [0.29, 0.717) is 5.02 Å². The summed E-state index contributed by atoms with van der Waals surface area (Å²) in [5.74, 6) is 0.733. The van der Waals surface area contributed by atoms with Crippen LogP contribution in [-0.2, 0) is 0 Å². The molecular weight excluding hydrogens is 442 g/mol. The molecule has 2 aromatic carbocycles. The Morgan fingerprint density at radius 3 is 2.42 bits per heavy atom. The highest BCUT2D eigenvalue weighted by Crippen LogP contribution is 2.32. The minimum Gasteiger partial charge on any atom is -0.496 e. The van der Waals surface area contributed by atoms with Gasteiger partial charge in [-0.25, -0.2) is 0 Å². The number of ether oxygens (including phenoxy) is 1. The first-order chi connectivity index (χ1) is 9.02. The third kappa shape index (κ3) is 3.42. The van der Waals surface area contributed by atoms with E-state index in [1.165, 1.54) is 0 Å². The molecule has 0 amide bonds. The van der Waals surface area contributed by atoms with E-state index in [9.17, 15) is 5.11 Å². The van der Waals surface area contributed by atoms with Gasteiger partial charge in [0.2, 0.25) is 0 Å². The topological polar surface area (TPSA) is 29.5 Å². The van der Waals surface area contributed by atoms with E-state index in [4.69, 9.17) is 16.3 Å². The largest absolute Gasteiger partial charge is 0.496 e. The number of aliphatic hydroxyl groups excluding tert-OH is 1. The van der Waals surface area contributed by atoms with Gasteiger partial charge in [-0.2, -0.15) is 0 Å². The van der Waals surface area contributed by atoms with Crippen molar-refractivity contribution in [1.29, 1.82) is 0 Å². The molecule has 2 aromatic rings. The molecule has 0 aromatic heterocycles. The highest BCUT2D eigenvalue weighted by molar-refractivity contribution is 14.1. The van der Waals surface area contributed by atoms with Gasteiger partial charge in [0.05, 0.1) is 16.6 Å². The molecule has 0 aliphatic rings. The minimum absolute atomic E-state index is 0.643. The van der Waals surface area contributed by atoms with Gasteiger partial charge in [0, 0.05) is 3.57 Å². The van der Waals surface area contributed by atoms with Crippen LogP contribution >= 0.6 is 50.1 Å². The smallest absolute Gasteiger partial charge is 0.133 e. The Morgan fingerprint density at radius 2 is 1.84 bits per heavy atom. The second kappa shape index (κ2) is 6.43. The van der Waals surface area contributed by atoms with E-state index in [-0.39, 0.29) is 0 Å². The molecule has 2 nitrogen and oxygen atoms in total. The van der Waals surface area contributed by atoms with Crippen LogP contribution < -0.4 is 4.74 Å². The minimum atomic E-state index is -0.711. The zero-order valence-corrected chi connectivity index (χ0v) is 14.5. The first-order valence-corrected chi connectivity index (χ1v) is 7.74. The molecule has 19 heavy (non-hydrogen) atoms. The van der Waals surface area contributed by atoms with Crippen LogP contribution in [-0.4, -0.2) is 12.2 Å². The Balaban J connectivity index is 2.35. The molecule has 0 aliphatic heterocycles. The molecule has 0 bridgehead atoms. The Hall–Kier alpha value is -0.300. The summed E-state index contributed by atoms with van der Waals surface area (Å²) in [7, 11) is 1.61. The van der Waals surface area contributed by atoms with Gasteiger partial charge in [-0.05, 0) is 73.9 Å². The van der Waals surface area contributed by atoms with Crippen molar-refractivity contribution in [3.05, 3.63) is 60.6 Å². The number of hydrogen-bond acceptors (Lipinski definition) is 2. The Kier molecular flexibility index (Phi) is 5.11. The molecule has 5 heteroatoms. The summed E-state index contributed by atoms with van der Waals surface area (Å²) in [4.78, 5) is 0. The predicted octanol–water partition coefficient (Wildman–Crippen LogP) is 4.80. The van der Waals surface area contributed by atoms with E-state index in [0.717, 1.165) is 24.9 Å². The second-order valence-electron chi connectivity index (χ2n) is 3.97. The van der Waals surface area contributed by atoms with E-state index in [1.54, 1.807) is 13.2 Å². The average Bonchev–Trinajstić information content (AvgIpc) is 2.41. The maximum atomic E-state index is 10.4. The monoisotopic (exact) mass is 452 g/mol. The fourth-order valence-corrected chi connectivity index (χ4v) is 2.81. The van der Waals surface area contributed by atoms with Gasteiger partial charge < -0.3 is 9.84 Å². The second-order valence-corrected chi connectivity index (χ2v) is 6.39. The summed E-state index contributed by atoms with van der Waals surface area (Å²) in [6, 6.07) is 11.0. The Morgan fingerprint density at radius 1 is 1.21 bits per heavy atom. The van der Waals surface area contributed by atoms with Gasteiger partial charge in [0.25, 0.3) is 0 Å². The SMILES string of the molecule is COc1ccc(C(O)c2ccc(I)c(Cl)c2)cc1Br. The fraction of sp³-hybridized carbons (Fsp3) is 0.143. The van der Waals surface area contributed by atoms with Crippen LogP contribution in [0.4, 0.5) is 0 Å². The molecule has 0 saturated heterocycles. The van der Waals surface area contributed by atoms with Crippen molar-refractivity contribution >= 4 is 50.1 Å². The fourth-order valence-electron chi connectivity index (χ4n) is 1.73. The van der Waals surface area contributed by atoms with E-state index >= 15 is 0 Å². The highest BCUT2D eigenvalue weighted by atomic mass is 127. The summed E-state index contributed by atoms with van der Waals surface area (Å²) in [6.45, 7) is 0. The summed E-state index contributed by atoms with van der Waals surface area (Å²) >= 11 is 11.6. The summed E-state index contributed by atoms with van der Waals surface area (Å²) in [6.07, 6.45) is -0.711. The lowest BCUT2D eigenvalue weighted by Gasteiger charge is -2.14. The number of rotatable bonds is 3. The molecule has 1 unspecified atom stereocenters. The van der Waals surface area contributed by atoms with Crippen molar-refractivity contribution in [3.63, 3.8) is 0 Å². The number of aliphatic hydroxyl groups is 1. The first kappa shape index (κ1) is 15.1. The summed E-state index contributed by atoms with van der Waals surface area (Å²) in [5, 5.41) is 11.0. The molecule has 100 valence electrons. The van der Waals surface area contributed by atoms with Crippen LogP contribution in [0.25, 0.3) is 0 Å². The molecule has 1 atom stereocenters. The lowest BCUT2D eigenvalue weighted by Crippen LogP contribution is -2.00. The zero-order chi connectivity index (χ0) is 14.0. The predicted molar refractivity (Wildman–Crippen MR) is 88.9 cm³/mol.